The number of hydrogen-bond acceptors (Lipinski definition) is 3. The monoisotopic (exact) mass is 332 g/mol. The zero-order valence-electron chi connectivity index (χ0n) is 10.7. The molecular formula is C12H20Cl3FN2O. The highest BCUT2D eigenvalue weighted by Gasteiger charge is 2.05. The van der Waals surface area contributed by atoms with Crippen LogP contribution in [-0.4, -0.2) is 30.8 Å². The Kier molecular flexibility index (Phi) is 13.1. The fraction of sp³-hybridized carbons (Fsp3) is 0.500. The minimum Gasteiger partial charge on any atom is -0.392 e. The number of aliphatic hydroxyl groups excluding tert-OH is 1. The van der Waals surface area contributed by atoms with Crippen molar-refractivity contribution in [2.75, 3.05) is 19.6 Å². The van der Waals surface area contributed by atoms with Crippen LogP contribution in [0.1, 0.15) is 12.5 Å². The van der Waals surface area contributed by atoms with Crippen molar-refractivity contribution in [1.82, 2.24) is 10.6 Å². The topological polar surface area (TPSA) is 44.3 Å². The van der Waals surface area contributed by atoms with Crippen LogP contribution in [0.2, 0.25) is 5.02 Å². The number of aliphatic hydroxyl groups is 1. The van der Waals surface area contributed by atoms with Gasteiger partial charge in [0.1, 0.15) is 5.82 Å². The zero-order chi connectivity index (χ0) is 12.7. The van der Waals surface area contributed by atoms with Gasteiger partial charge < -0.3 is 15.7 Å². The molecule has 112 valence electrons. The normalized spacial score (nSPS) is 11.4. The second-order valence-electron chi connectivity index (χ2n) is 3.93. The van der Waals surface area contributed by atoms with Crippen LogP contribution in [0.15, 0.2) is 18.2 Å². The SMILES string of the molecule is CC(O)CNCCNCc1c(F)cccc1Cl.Cl.Cl. The average molecular weight is 334 g/mol. The van der Waals surface area contributed by atoms with E-state index in [1.54, 1.807) is 19.1 Å². The van der Waals surface area contributed by atoms with E-state index >= 15 is 0 Å². The van der Waals surface area contributed by atoms with E-state index in [0.29, 0.717) is 30.2 Å². The van der Waals surface area contributed by atoms with Crippen molar-refractivity contribution < 1.29 is 9.50 Å². The lowest BCUT2D eigenvalue weighted by Gasteiger charge is -2.09. The Balaban J connectivity index is 0. The summed E-state index contributed by atoms with van der Waals surface area (Å²) in [4.78, 5) is 0. The number of nitrogens with one attached hydrogen (secondary N) is 2. The van der Waals surface area contributed by atoms with Crippen LogP contribution in [0.4, 0.5) is 4.39 Å². The summed E-state index contributed by atoms with van der Waals surface area (Å²) in [5.41, 5.74) is 0.490. The van der Waals surface area contributed by atoms with E-state index in [-0.39, 0.29) is 36.7 Å². The molecule has 1 unspecified atom stereocenters. The van der Waals surface area contributed by atoms with Crippen LogP contribution in [0.3, 0.4) is 0 Å². The maximum absolute atomic E-state index is 13.4. The average Bonchev–Trinajstić information content (AvgIpc) is 2.26. The molecule has 1 aromatic carbocycles. The van der Waals surface area contributed by atoms with E-state index in [1.807, 2.05) is 0 Å². The molecule has 0 saturated carbocycles. The molecular weight excluding hydrogens is 314 g/mol. The summed E-state index contributed by atoms with van der Waals surface area (Å²) in [5, 5.41) is 15.6. The summed E-state index contributed by atoms with van der Waals surface area (Å²) >= 11 is 5.88. The molecule has 3 nitrogen and oxygen atoms in total. The zero-order valence-corrected chi connectivity index (χ0v) is 13.0. The van der Waals surface area contributed by atoms with Gasteiger partial charge in [0, 0.05) is 36.8 Å². The predicted molar refractivity (Wildman–Crippen MR) is 82.2 cm³/mol. The van der Waals surface area contributed by atoms with E-state index in [2.05, 4.69) is 10.6 Å². The molecule has 0 aliphatic carbocycles. The maximum atomic E-state index is 13.4. The molecule has 1 aromatic rings. The molecule has 0 aliphatic rings. The second kappa shape index (κ2) is 11.7. The van der Waals surface area contributed by atoms with Gasteiger partial charge in [-0.05, 0) is 19.1 Å². The van der Waals surface area contributed by atoms with E-state index < -0.39 is 0 Å². The summed E-state index contributed by atoms with van der Waals surface area (Å²) in [5.74, 6) is -0.290. The summed E-state index contributed by atoms with van der Waals surface area (Å²) in [6.07, 6.45) is -0.351. The lowest BCUT2D eigenvalue weighted by atomic mass is 10.2. The van der Waals surface area contributed by atoms with Crippen molar-refractivity contribution in [3.63, 3.8) is 0 Å². The minimum atomic E-state index is -0.351. The molecule has 0 fully saturated rings. The molecule has 1 atom stereocenters. The van der Waals surface area contributed by atoms with Gasteiger partial charge in [0.25, 0.3) is 0 Å². The third kappa shape index (κ3) is 8.63. The number of halogens is 4. The second-order valence-corrected chi connectivity index (χ2v) is 4.34. The third-order valence-corrected chi connectivity index (χ3v) is 2.64. The molecule has 0 spiro atoms. The van der Waals surface area contributed by atoms with Gasteiger partial charge in [-0.15, -0.1) is 24.8 Å². The molecule has 0 radical (unpaired) electrons. The Morgan fingerprint density at radius 2 is 1.89 bits per heavy atom. The van der Waals surface area contributed by atoms with E-state index in [4.69, 9.17) is 16.7 Å². The molecule has 3 N–H and O–H groups in total. The standard InChI is InChI=1S/C12H18ClFN2O.2ClH/c1-9(17)7-15-5-6-16-8-10-11(13)3-2-4-12(10)14;;/h2-4,9,15-17H,5-8H2,1H3;2*1H. The molecule has 7 heteroatoms. The van der Waals surface area contributed by atoms with Gasteiger partial charge in [-0.2, -0.15) is 0 Å². The van der Waals surface area contributed by atoms with Gasteiger partial charge in [-0.25, -0.2) is 4.39 Å². The van der Waals surface area contributed by atoms with E-state index in [9.17, 15) is 4.39 Å². The third-order valence-electron chi connectivity index (χ3n) is 2.28. The van der Waals surface area contributed by atoms with Crippen molar-refractivity contribution in [3.8, 4) is 0 Å². The summed E-state index contributed by atoms with van der Waals surface area (Å²) < 4.78 is 13.4. The smallest absolute Gasteiger partial charge is 0.129 e. The summed E-state index contributed by atoms with van der Waals surface area (Å²) in [7, 11) is 0. The van der Waals surface area contributed by atoms with Gasteiger partial charge >= 0.3 is 0 Å². The van der Waals surface area contributed by atoms with Crippen LogP contribution < -0.4 is 10.6 Å². The van der Waals surface area contributed by atoms with Gasteiger partial charge in [0.15, 0.2) is 0 Å². The first-order valence-corrected chi connectivity index (χ1v) is 6.01. The number of rotatable bonds is 7. The van der Waals surface area contributed by atoms with Crippen LogP contribution in [0, 0.1) is 5.82 Å². The Bertz CT molecular complexity index is 333. The largest absolute Gasteiger partial charge is 0.392 e. The van der Waals surface area contributed by atoms with Gasteiger partial charge in [-0.1, -0.05) is 17.7 Å². The lowest BCUT2D eigenvalue weighted by Crippen LogP contribution is -2.31. The summed E-state index contributed by atoms with van der Waals surface area (Å²) in [6, 6.07) is 4.66. The van der Waals surface area contributed by atoms with E-state index in [1.165, 1.54) is 6.07 Å². The van der Waals surface area contributed by atoms with Crippen molar-refractivity contribution in [2.45, 2.75) is 19.6 Å². The molecule has 19 heavy (non-hydrogen) atoms. The first-order chi connectivity index (χ1) is 8.11. The lowest BCUT2D eigenvalue weighted by molar-refractivity contribution is 0.191. The summed E-state index contributed by atoms with van der Waals surface area (Å²) in [6.45, 7) is 4.10. The number of benzene rings is 1. The molecule has 0 bridgehead atoms. The van der Waals surface area contributed by atoms with Crippen molar-refractivity contribution in [2.24, 2.45) is 0 Å². The first kappa shape index (κ1) is 21.2. The molecule has 0 aromatic heterocycles. The van der Waals surface area contributed by atoms with Crippen LogP contribution in [0.25, 0.3) is 0 Å². The molecule has 0 aliphatic heterocycles. The molecule has 0 saturated heterocycles. The molecule has 0 heterocycles. The quantitative estimate of drug-likeness (QED) is 0.671. The van der Waals surface area contributed by atoms with Crippen molar-refractivity contribution in [1.29, 1.82) is 0 Å². The highest BCUT2D eigenvalue weighted by atomic mass is 35.5. The Morgan fingerprint density at radius 3 is 2.47 bits per heavy atom. The highest BCUT2D eigenvalue weighted by Crippen LogP contribution is 2.18. The van der Waals surface area contributed by atoms with Crippen LogP contribution >= 0.6 is 36.4 Å². The van der Waals surface area contributed by atoms with Crippen molar-refractivity contribution >= 4 is 36.4 Å². The van der Waals surface area contributed by atoms with Crippen molar-refractivity contribution in [3.05, 3.63) is 34.6 Å². The van der Waals surface area contributed by atoms with E-state index in [0.717, 1.165) is 6.54 Å². The van der Waals surface area contributed by atoms with Gasteiger partial charge in [-0.3, -0.25) is 0 Å². The Hall–Kier alpha value is -0.100. The first-order valence-electron chi connectivity index (χ1n) is 5.63. The Morgan fingerprint density at radius 1 is 1.26 bits per heavy atom. The van der Waals surface area contributed by atoms with Crippen LogP contribution in [-0.2, 0) is 6.54 Å². The highest BCUT2D eigenvalue weighted by molar-refractivity contribution is 6.31. The van der Waals surface area contributed by atoms with Gasteiger partial charge in [0.05, 0.1) is 6.10 Å². The predicted octanol–water partition coefficient (Wildman–Crippen LogP) is 2.38. The van der Waals surface area contributed by atoms with Crippen LogP contribution in [0.5, 0.6) is 0 Å². The molecule has 1 rings (SSSR count). The fourth-order valence-electron chi connectivity index (χ4n) is 1.40. The Labute approximate surface area is 130 Å². The number of hydrogen-bond donors (Lipinski definition) is 3. The molecule has 0 amide bonds. The maximum Gasteiger partial charge on any atom is 0.129 e. The fourth-order valence-corrected chi connectivity index (χ4v) is 1.63. The van der Waals surface area contributed by atoms with Gasteiger partial charge in [0.2, 0.25) is 0 Å². The minimum absolute atomic E-state index is 0.